The first kappa shape index (κ1) is 16.5. The highest BCUT2D eigenvalue weighted by molar-refractivity contribution is 5.73. The van der Waals surface area contributed by atoms with E-state index in [1.807, 2.05) is 23.9 Å². The number of urea groups is 1. The maximum Gasteiger partial charge on any atom is 0.314 e. The van der Waals surface area contributed by atoms with E-state index in [1.54, 1.807) is 6.20 Å². The molecule has 6 nitrogen and oxygen atoms in total. The Labute approximate surface area is 142 Å². The molecule has 0 unspecified atom stereocenters. The molecule has 0 saturated carbocycles. The molecule has 1 aliphatic rings. The van der Waals surface area contributed by atoms with E-state index in [4.69, 9.17) is 0 Å². The van der Waals surface area contributed by atoms with Crippen LogP contribution in [0.1, 0.15) is 18.9 Å². The van der Waals surface area contributed by atoms with Crippen LogP contribution in [0.25, 0.3) is 5.69 Å². The van der Waals surface area contributed by atoms with Crippen molar-refractivity contribution >= 4 is 6.03 Å². The Hall–Kier alpha value is -2.34. The summed E-state index contributed by atoms with van der Waals surface area (Å²) in [4.78, 5) is 13.9. The Morgan fingerprint density at radius 3 is 3.04 bits per heavy atom. The van der Waals surface area contributed by atoms with Gasteiger partial charge in [0.25, 0.3) is 0 Å². The van der Waals surface area contributed by atoms with Crippen LogP contribution in [0, 0.1) is 5.92 Å². The van der Waals surface area contributed by atoms with Crippen LogP contribution in [0.15, 0.2) is 42.7 Å². The van der Waals surface area contributed by atoms with Gasteiger partial charge in [-0.3, -0.25) is 4.90 Å². The van der Waals surface area contributed by atoms with Crippen LogP contribution in [0.5, 0.6) is 0 Å². The molecule has 6 heteroatoms. The molecule has 0 spiro atoms. The van der Waals surface area contributed by atoms with E-state index >= 15 is 0 Å². The minimum absolute atomic E-state index is 0.0668. The van der Waals surface area contributed by atoms with Crippen molar-refractivity contribution in [1.29, 1.82) is 0 Å². The highest BCUT2D eigenvalue weighted by Gasteiger charge is 2.22. The third-order valence-corrected chi connectivity index (χ3v) is 4.34. The highest BCUT2D eigenvalue weighted by Crippen LogP contribution is 2.19. The SMILES string of the molecule is CCNC(=O)NC[C@@H]1CCN(Cc2cccc(-n3cccn3)c2)C1. The van der Waals surface area contributed by atoms with Crippen molar-refractivity contribution in [2.75, 3.05) is 26.2 Å². The van der Waals surface area contributed by atoms with Gasteiger partial charge < -0.3 is 10.6 Å². The van der Waals surface area contributed by atoms with Crippen LogP contribution in [0.2, 0.25) is 0 Å². The topological polar surface area (TPSA) is 62.2 Å². The molecule has 128 valence electrons. The summed E-state index contributed by atoms with van der Waals surface area (Å²) < 4.78 is 1.88. The third kappa shape index (κ3) is 4.35. The summed E-state index contributed by atoms with van der Waals surface area (Å²) in [6, 6.07) is 10.4. The molecule has 3 rings (SSSR count). The van der Waals surface area contributed by atoms with E-state index < -0.39 is 0 Å². The minimum Gasteiger partial charge on any atom is -0.338 e. The van der Waals surface area contributed by atoms with Gasteiger partial charge in [0, 0.05) is 38.6 Å². The Balaban J connectivity index is 1.51. The predicted molar refractivity (Wildman–Crippen MR) is 94.0 cm³/mol. The molecular formula is C18H25N5O. The second-order valence-corrected chi connectivity index (χ2v) is 6.25. The number of amides is 2. The summed E-state index contributed by atoms with van der Waals surface area (Å²) >= 11 is 0. The maximum atomic E-state index is 11.5. The smallest absolute Gasteiger partial charge is 0.314 e. The zero-order chi connectivity index (χ0) is 16.8. The lowest BCUT2D eigenvalue weighted by Gasteiger charge is -2.17. The van der Waals surface area contributed by atoms with Crippen LogP contribution in [0.4, 0.5) is 4.79 Å². The number of nitrogens with zero attached hydrogens (tertiary/aromatic N) is 3. The van der Waals surface area contributed by atoms with Gasteiger partial charge in [-0.2, -0.15) is 5.10 Å². The van der Waals surface area contributed by atoms with Gasteiger partial charge in [0.1, 0.15) is 0 Å². The van der Waals surface area contributed by atoms with Crippen LogP contribution in [0.3, 0.4) is 0 Å². The van der Waals surface area contributed by atoms with Crippen molar-refractivity contribution in [3.05, 3.63) is 48.3 Å². The third-order valence-electron chi connectivity index (χ3n) is 4.34. The van der Waals surface area contributed by atoms with Gasteiger partial charge >= 0.3 is 6.03 Å². The van der Waals surface area contributed by atoms with E-state index in [1.165, 1.54) is 5.56 Å². The average Bonchev–Trinajstić information content (AvgIpc) is 3.25. The normalized spacial score (nSPS) is 17.8. The maximum absolute atomic E-state index is 11.5. The molecule has 2 amide bonds. The largest absolute Gasteiger partial charge is 0.338 e. The van der Waals surface area contributed by atoms with Gasteiger partial charge in [-0.1, -0.05) is 12.1 Å². The first-order chi connectivity index (χ1) is 11.7. The quantitative estimate of drug-likeness (QED) is 0.853. The first-order valence-corrected chi connectivity index (χ1v) is 8.57. The Kier molecular flexibility index (Phi) is 5.48. The van der Waals surface area contributed by atoms with Crippen LogP contribution >= 0.6 is 0 Å². The van der Waals surface area contributed by atoms with Gasteiger partial charge in [0.15, 0.2) is 0 Å². The predicted octanol–water partition coefficient (Wildman–Crippen LogP) is 2.01. The fourth-order valence-corrected chi connectivity index (χ4v) is 3.16. The molecule has 1 atom stereocenters. The number of rotatable bonds is 6. The number of aromatic nitrogens is 2. The van der Waals surface area contributed by atoms with Crippen LogP contribution in [-0.2, 0) is 6.54 Å². The molecular weight excluding hydrogens is 302 g/mol. The number of likely N-dealkylation sites (tertiary alicyclic amines) is 1. The van der Waals surface area contributed by atoms with Gasteiger partial charge in [-0.05, 0) is 49.6 Å². The van der Waals surface area contributed by atoms with E-state index in [-0.39, 0.29) is 6.03 Å². The number of hydrogen-bond donors (Lipinski definition) is 2. The number of carbonyl (C=O) groups is 1. The molecule has 0 aliphatic carbocycles. The summed E-state index contributed by atoms with van der Waals surface area (Å²) in [7, 11) is 0. The lowest BCUT2D eigenvalue weighted by atomic mass is 10.1. The molecule has 1 aromatic carbocycles. The summed E-state index contributed by atoms with van der Waals surface area (Å²) in [6.07, 6.45) is 4.88. The molecule has 1 aromatic heterocycles. The van der Waals surface area contributed by atoms with E-state index in [9.17, 15) is 4.79 Å². The van der Waals surface area contributed by atoms with Crippen molar-refractivity contribution in [2.24, 2.45) is 5.92 Å². The molecule has 0 bridgehead atoms. The Bertz CT molecular complexity index is 655. The second-order valence-electron chi connectivity index (χ2n) is 6.25. The number of benzene rings is 1. The van der Waals surface area contributed by atoms with Crippen molar-refractivity contribution in [3.8, 4) is 5.69 Å². The monoisotopic (exact) mass is 327 g/mol. The average molecular weight is 327 g/mol. The lowest BCUT2D eigenvalue weighted by molar-refractivity contribution is 0.239. The van der Waals surface area contributed by atoms with Gasteiger partial charge in [0.05, 0.1) is 5.69 Å². The van der Waals surface area contributed by atoms with Crippen molar-refractivity contribution in [2.45, 2.75) is 19.9 Å². The second kappa shape index (κ2) is 7.97. The van der Waals surface area contributed by atoms with Crippen molar-refractivity contribution < 1.29 is 4.79 Å². The molecule has 1 fully saturated rings. The summed E-state index contributed by atoms with van der Waals surface area (Å²) in [5.74, 6) is 0.530. The van der Waals surface area contributed by atoms with Crippen LogP contribution in [-0.4, -0.2) is 46.9 Å². The summed E-state index contributed by atoms with van der Waals surface area (Å²) in [5.41, 5.74) is 2.38. The fraction of sp³-hybridized carbons (Fsp3) is 0.444. The van der Waals surface area contributed by atoms with Crippen molar-refractivity contribution in [1.82, 2.24) is 25.3 Å². The highest BCUT2D eigenvalue weighted by atomic mass is 16.2. The Morgan fingerprint density at radius 1 is 1.33 bits per heavy atom. The molecule has 1 aliphatic heterocycles. The van der Waals surface area contributed by atoms with E-state index in [0.717, 1.165) is 38.3 Å². The van der Waals surface area contributed by atoms with E-state index in [2.05, 4.69) is 44.9 Å². The fourth-order valence-electron chi connectivity index (χ4n) is 3.16. The molecule has 24 heavy (non-hydrogen) atoms. The summed E-state index contributed by atoms with van der Waals surface area (Å²) in [6.45, 7) is 6.37. The summed E-state index contributed by atoms with van der Waals surface area (Å²) in [5, 5.41) is 10.0. The van der Waals surface area contributed by atoms with Crippen molar-refractivity contribution in [3.63, 3.8) is 0 Å². The Morgan fingerprint density at radius 2 is 2.25 bits per heavy atom. The molecule has 2 N–H and O–H groups in total. The zero-order valence-corrected chi connectivity index (χ0v) is 14.1. The molecule has 0 radical (unpaired) electrons. The van der Waals surface area contributed by atoms with Gasteiger partial charge in [0.2, 0.25) is 0 Å². The molecule has 2 heterocycles. The first-order valence-electron chi connectivity index (χ1n) is 8.57. The number of nitrogens with one attached hydrogen (secondary N) is 2. The van der Waals surface area contributed by atoms with Gasteiger partial charge in [-0.15, -0.1) is 0 Å². The van der Waals surface area contributed by atoms with Crippen LogP contribution < -0.4 is 10.6 Å². The zero-order valence-electron chi connectivity index (χ0n) is 14.1. The minimum atomic E-state index is -0.0668. The number of hydrogen-bond acceptors (Lipinski definition) is 3. The molecule has 1 saturated heterocycles. The lowest BCUT2D eigenvalue weighted by Crippen LogP contribution is -2.38. The standard InChI is InChI=1S/C18H25N5O/c1-2-19-18(24)20-12-16-7-10-22(14-16)13-15-5-3-6-17(11-15)23-9-4-8-21-23/h3-6,8-9,11,16H,2,7,10,12-14H2,1H3,(H2,19,20,24)/t16-/m0/s1. The van der Waals surface area contributed by atoms with Gasteiger partial charge in [-0.25, -0.2) is 9.48 Å². The molecule has 2 aromatic rings. The van der Waals surface area contributed by atoms with E-state index in [0.29, 0.717) is 12.5 Å². The number of carbonyl (C=O) groups excluding carboxylic acids is 1.